The van der Waals surface area contributed by atoms with Crippen LogP contribution in [0.2, 0.25) is 0 Å². The smallest absolute Gasteiger partial charge is 0.167 e. The van der Waals surface area contributed by atoms with Crippen molar-refractivity contribution < 1.29 is 0 Å². The first-order chi connectivity index (χ1) is 14.4. The third kappa shape index (κ3) is 2.89. The minimum absolute atomic E-state index is 0.357. The summed E-state index contributed by atoms with van der Waals surface area (Å²) in [6, 6.07) is 8.93. The molecule has 6 rings (SSSR count). The number of hydrogen-bond acceptors (Lipinski definition) is 4. The molecule has 1 aromatic carbocycles. The van der Waals surface area contributed by atoms with Gasteiger partial charge in [0.15, 0.2) is 11.5 Å². The zero-order chi connectivity index (χ0) is 20.6. The van der Waals surface area contributed by atoms with E-state index in [0.29, 0.717) is 17.3 Å². The van der Waals surface area contributed by atoms with Gasteiger partial charge in [0, 0.05) is 10.8 Å². The molecule has 1 saturated carbocycles. The number of nitrogens with zero attached hydrogens (tertiary/aromatic N) is 4. The highest BCUT2D eigenvalue weighted by Crippen LogP contribution is 2.54. The molecule has 2 aliphatic carbocycles. The third-order valence-electron chi connectivity index (χ3n) is 7.25. The summed E-state index contributed by atoms with van der Waals surface area (Å²) in [5.41, 5.74) is 5.57. The Kier molecular flexibility index (Phi) is 3.92. The number of aryl methyl sites for hydroxylation is 2. The molecule has 154 valence electrons. The van der Waals surface area contributed by atoms with E-state index in [9.17, 15) is 0 Å². The average Bonchev–Trinajstić information content (AvgIpc) is 3.24. The highest BCUT2D eigenvalue weighted by molar-refractivity contribution is 7.19. The zero-order valence-electron chi connectivity index (χ0n) is 18.1. The van der Waals surface area contributed by atoms with Crippen molar-refractivity contribution in [3.05, 3.63) is 58.0 Å². The molecule has 0 bridgehead atoms. The molecule has 3 aromatic heterocycles. The summed E-state index contributed by atoms with van der Waals surface area (Å²) in [5.74, 6) is 2.71. The molecule has 30 heavy (non-hydrogen) atoms. The van der Waals surface area contributed by atoms with Crippen LogP contribution in [-0.2, 0) is 12.8 Å². The Labute approximate surface area is 181 Å². The summed E-state index contributed by atoms with van der Waals surface area (Å²) in [5, 5.41) is 6.11. The van der Waals surface area contributed by atoms with Crippen LogP contribution >= 0.6 is 11.3 Å². The Morgan fingerprint density at radius 3 is 2.67 bits per heavy atom. The average molecular weight is 417 g/mol. The number of fused-ring (bicyclic) bond motifs is 5. The first-order valence-electron chi connectivity index (χ1n) is 11.1. The van der Waals surface area contributed by atoms with Gasteiger partial charge in [-0.05, 0) is 61.0 Å². The van der Waals surface area contributed by atoms with E-state index in [0.717, 1.165) is 35.1 Å². The van der Waals surface area contributed by atoms with Crippen LogP contribution in [0.3, 0.4) is 0 Å². The molecule has 1 fully saturated rings. The minimum atomic E-state index is 0.357. The SMILES string of the molecule is Cc1ccc([C@H]2C[C@@H]2c2nc3c4c5c(sc4ncn3n2)C[C@H](C(C)(C)C)CC5)cc1. The van der Waals surface area contributed by atoms with Gasteiger partial charge < -0.3 is 0 Å². The maximum absolute atomic E-state index is 5.06. The zero-order valence-corrected chi connectivity index (χ0v) is 19.0. The first-order valence-corrected chi connectivity index (χ1v) is 11.9. The van der Waals surface area contributed by atoms with Crippen LogP contribution in [-0.4, -0.2) is 19.6 Å². The Balaban J connectivity index is 1.37. The number of hydrogen-bond donors (Lipinski definition) is 0. The van der Waals surface area contributed by atoms with Gasteiger partial charge >= 0.3 is 0 Å². The van der Waals surface area contributed by atoms with Gasteiger partial charge in [-0.15, -0.1) is 16.4 Å². The van der Waals surface area contributed by atoms with Gasteiger partial charge in [-0.2, -0.15) is 0 Å². The van der Waals surface area contributed by atoms with Crippen LogP contribution in [0.5, 0.6) is 0 Å². The predicted molar refractivity (Wildman–Crippen MR) is 122 cm³/mol. The summed E-state index contributed by atoms with van der Waals surface area (Å²) in [7, 11) is 0. The van der Waals surface area contributed by atoms with E-state index in [2.05, 4.69) is 52.0 Å². The Morgan fingerprint density at radius 2 is 1.90 bits per heavy atom. The molecular formula is C25H28N4S. The molecule has 4 nitrogen and oxygen atoms in total. The topological polar surface area (TPSA) is 43.1 Å². The van der Waals surface area contributed by atoms with Crippen LogP contribution in [0.15, 0.2) is 30.6 Å². The molecule has 3 atom stereocenters. The summed E-state index contributed by atoms with van der Waals surface area (Å²) in [6.45, 7) is 9.26. The summed E-state index contributed by atoms with van der Waals surface area (Å²) in [4.78, 5) is 12.5. The van der Waals surface area contributed by atoms with E-state index in [-0.39, 0.29) is 0 Å². The lowest BCUT2D eigenvalue weighted by atomic mass is 9.72. The van der Waals surface area contributed by atoms with Crippen molar-refractivity contribution in [1.82, 2.24) is 19.6 Å². The van der Waals surface area contributed by atoms with E-state index < -0.39 is 0 Å². The van der Waals surface area contributed by atoms with Gasteiger partial charge in [0.1, 0.15) is 11.2 Å². The van der Waals surface area contributed by atoms with Gasteiger partial charge in [0.05, 0.1) is 5.39 Å². The molecule has 0 saturated heterocycles. The van der Waals surface area contributed by atoms with Crippen molar-refractivity contribution in [2.24, 2.45) is 11.3 Å². The fourth-order valence-electron chi connectivity index (χ4n) is 5.15. The molecule has 5 heteroatoms. The quantitative estimate of drug-likeness (QED) is 0.398. The Hall–Kier alpha value is -2.27. The second-order valence-corrected chi connectivity index (χ2v) is 11.4. The highest BCUT2D eigenvalue weighted by atomic mass is 32.1. The van der Waals surface area contributed by atoms with Crippen molar-refractivity contribution >= 4 is 27.2 Å². The molecule has 2 aliphatic rings. The van der Waals surface area contributed by atoms with Crippen molar-refractivity contribution in [2.75, 3.05) is 0 Å². The lowest BCUT2D eigenvalue weighted by molar-refractivity contribution is 0.218. The highest BCUT2D eigenvalue weighted by Gasteiger charge is 2.42. The molecule has 0 radical (unpaired) electrons. The summed E-state index contributed by atoms with van der Waals surface area (Å²) < 4.78 is 1.92. The van der Waals surface area contributed by atoms with Crippen LogP contribution in [0.25, 0.3) is 15.9 Å². The van der Waals surface area contributed by atoms with Gasteiger partial charge in [0.2, 0.25) is 0 Å². The molecule has 0 N–H and O–H groups in total. The molecule has 0 aliphatic heterocycles. The lowest BCUT2D eigenvalue weighted by Crippen LogP contribution is -2.26. The third-order valence-corrected chi connectivity index (χ3v) is 8.42. The van der Waals surface area contributed by atoms with Crippen molar-refractivity contribution in [3.8, 4) is 0 Å². The Morgan fingerprint density at radius 1 is 1.10 bits per heavy atom. The molecular weight excluding hydrogens is 388 g/mol. The van der Waals surface area contributed by atoms with Gasteiger partial charge in [-0.25, -0.2) is 14.5 Å². The number of benzene rings is 1. The van der Waals surface area contributed by atoms with Crippen molar-refractivity contribution in [1.29, 1.82) is 0 Å². The minimum Gasteiger partial charge on any atom is -0.225 e. The normalized spacial score (nSPS) is 23.8. The van der Waals surface area contributed by atoms with Gasteiger partial charge in [0.25, 0.3) is 0 Å². The Bertz CT molecular complexity index is 1260. The number of aromatic nitrogens is 4. The molecule has 0 unspecified atom stereocenters. The van der Waals surface area contributed by atoms with Crippen molar-refractivity contribution in [2.45, 2.75) is 65.2 Å². The van der Waals surface area contributed by atoms with Crippen LogP contribution in [0, 0.1) is 18.3 Å². The molecule has 4 aromatic rings. The van der Waals surface area contributed by atoms with E-state index in [1.807, 2.05) is 22.2 Å². The monoisotopic (exact) mass is 416 g/mol. The molecule has 3 heterocycles. The first kappa shape index (κ1) is 18.5. The summed E-state index contributed by atoms with van der Waals surface area (Å²) in [6.07, 6.45) is 6.57. The fourth-order valence-corrected chi connectivity index (χ4v) is 6.41. The van der Waals surface area contributed by atoms with Crippen LogP contribution < -0.4 is 0 Å². The van der Waals surface area contributed by atoms with E-state index in [1.54, 1.807) is 0 Å². The van der Waals surface area contributed by atoms with Crippen molar-refractivity contribution in [3.63, 3.8) is 0 Å². The number of rotatable bonds is 2. The largest absolute Gasteiger partial charge is 0.225 e. The maximum atomic E-state index is 5.06. The van der Waals surface area contributed by atoms with E-state index in [4.69, 9.17) is 15.1 Å². The van der Waals surface area contributed by atoms with Gasteiger partial charge in [-0.3, -0.25) is 0 Å². The fraction of sp³-hybridized carbons (Fsp3) is 0.480. The molecule has 0 amide bonds. The molecule has 0 spiro atoms. The van der Waals surface area contributed by atoms with E-state index in [1.165, 1.54) is 39.8 Å². The van der Waals surface area contributed by atoms with Crippen LogP contribution in [0.4, 0.5) is 0 Å². The second-order valence-electron chi connectivity index (χ2n) is 10.3. The standard InChI is InChI=1S/C25H28N4S/c1-14-5-7-15(8-6-14)18-12-19(18)22-27-23-21-17-10-9-16(25(2,3)4)11-20(17)30-24(21)26-13-29(23)28-22/h5-8,13,16,18-19H,9-12H2,1-4H3/t16-,18-,19+/m1/s1. The number of thiophene rings is 1. The van der Waals surface area contributed by atoms with Crippen LogP contribution in [0.1, 0.15) is 72.8 Å². The second kappa shape index (κ2) is 6.36. The summed E-state index contributed by atoms with van der Waals surface area (Å²) >= 11 is 1.87. The van der Waals surface area contributed by atoms with E-state index >= 15 is 0 Å². The van der Waals surface area contributed by atoms with Gasteiger partial charge in [-0.1, -0.05) is 50.6 Å². The maximum Gasteiger partial charge on any atom is 0.167 e. The lowest BCUT2D eigenvalue weighted by Gasteiger charge is -2.33. The predicted octanol–water partition coefficient (Wildman–Crippen LogP) is 6.07.